The van der Waals surface area contributed by atoms with E-state index in [0.717, 1.165) is 17.9 Å². The van der Waals surface area contributed by atoms with Gasteiger partial charge in [-0.15, -0.1) is 11.8 Å². The topological polar surface area (TPSA) is 59.8 Å². The van der Waals surface area contributed by atoms with Gasteiger partial charge in [0.1, 0.15) is 5.76 Å². The standard InChI is InChI=1S/C15H21NO4S/c1-11(17)20-15(2,3)14(18)16-7-6-13(21-10-8-16)12-5-4-9-19-12/h4-5,9,13H,6-8,10H2,1-3H3/t13-/m0/s1. The lowest BCUT2D eigenvalue weighted by atomic mass is 10.1. The fraction of sp³-hybridized carbons (Fsp3) is 0.600. The molecule has 1 fully saturated rings. The summed E-state index contributed by atoms with van der Waals surface area (Å²) in [4.78, 5) is 25.4. The Balaban J connectivity index is 1.99. The lowest BCUT2D eigenvalue weighted by molar-refractivity contribution is -0.168. The summed E-state index contributed by atoms with van der Waals surface area (Å²) in [5, 5.41) is 0.273. The highest BCUT2D eigenvalue weighted by molar-refractivity contribution is 7.99. The number of rotatable bonds is 3. The van der Waals surface area contributed by atoms with Crippen LogP contribution in [0.2, 0.25) is 0 Å². The zero-order valence-electron chi connectivity index (χ0n) is 12.6. The number of esters is 1. The van der Waals surface area contributed by atoms with Crippen LogP contribution in [0.5, 0.6) is 0 Å². The molecule has 2 heterocycles. The lowest BCUT2D eigenvalue weighted by Gasteiger charge is -2.30. The number of amides is 1. The van der Waals surface area contributed by atoms with Crippen LogP contribution in [0.25, 0.3) is 0 Å². The highest BCUT2D eigenvalue weighted by atomic mass is 32.2. The number of hydrogen-bond donors (Lipinski definition) is 0. The molecule has 1 aromatic rings. The van der Waals surface area contributed by atoms with Gasteiger partial charge in [-0.2, -0.15) is 0 Å². The zero-order valence-corrected chi connectivity index (χ0v) is 13.4. The van der Waals surface area contributed by atoms with Crippen molar-refractivity contribution in [3.63, 3.8) is 0 Å². The van der Waals surface area contributed by atoms with Crippen molar-refractivity contribution in [1.29, 1.82) is 0 Å². The third kappa shape index (κ3) is 4.03. The Labute approximate surface area is 129 Å². The molecule has 0 radical (unpaired) electrons. The van der Waals surface area contributed by atoms with Crippen molar-refractivity contribution < 1.29 is 18.7 Å². The fourth-order valence-corrected chi connectivity index (χ4v) is 3.64. The van der Waals surface area contributed by atoms with E-state index in [0.29, 0.717) is 13.1 Å². The van der Waals surface area contributed by atoms with Crippen molar-refractivity contribution in [2.45, 2.75) is 38.0 Å². The largest absolute Gasteiger partial charge is 0.468 e. The molecule has 1 amide bonds. The van der Waals surface area contributed by atoms with Crippen LogP contribution in [0.4, 0.5) is 0 Å². The number of carbonyl (C=O) groups is 2. The van der Waals surface area contributed by atoms with Gasteiger partial charge in [0, 0.05) is 25.8 Å². The molecular formula is C15H21NO4S. The van der Waals surface area contributed by atoms with Crippen LogP contribution in [-0.2, 0) is 14.3 Å². The van der Waals surface area contributed by atoms with E-state index in [1.807, 2.05) is 12.1 Å². The Morgan fingerprint density at radius 1 is 1.43 bits per heavy atom. The molecule has 0 saturated carbocycles. The van der Waals surface area contributed by atoms with E-state index in [-0.39, 0.29) is 11.2 Å². The second-order valence-electron chi connectivity index (χ2n) is 5.56. The summed E-state index contributed by atoms with van der Waals surface area (Å²) in [6, 6.07) is 3.85. The molecule has 0 unspecified atom stereocenters. The van der Waals surface area contributed by atoms with Crippen LogP contribution < -0.4 is 0 Å². The van der Waals surface area contributed by atoms with E-state index >= 15 is 0 Å². The summed E-state index contributed by atoms with van der Waals surface area (Å²) in [5.74, 6) is 1.21. The van der Waals surface area contributed by atoms with Gasteiger partial charge in [0.25, 0.3) is 5.91 Å². The van der Waals surface area contributed by atoms with Crippen molar-refractivity contribution in [2.75, 3.05) is 18.8 Å². The SMILES string of the molecule is CC(=O)OC(C)(C)C(=O)N1CCS[C@H](c2ccco2)CC1. The van der Waals surface area contributed by atoms with E-state index in [1.54, 1.807) is 36.8 Å². The summed E-state index contributed by atoms with van der Waals surface area (Å²) >= 11 is 1.79. The van der Waals surface area contributed by atoms with Gasteiger partial charge >= 0.3 is 5.97 Å². The first kappa shape index (κ1) is 15.9. The first-order valence-electron chi connectivity index (χ1n) is 7.04. The van der Waals surface area contributed by atoms with Gasteiger partial charge < -0.3 is 14.1 Å². The molecule has 1 atom stereocenters. The molecule has 0 N–H and O–H groups in total. The van der Waals surface area contributed by atoms with Gasteiger partial charge in [0.05, 0.1) is 11.5 Å². The number of ether oxygens (including phenoxy) is 1. The average Bonchev–Trinajstić information content (AvgIpc) is 2.81. The monoisotopic (exact) mass is 311 g/mol. The van der Waals surface area contributed by atoms with Crippen LogP contribution in [0.3, 0.4) is 0 Å². The highest BCUT2D eigenvalue weighted by Crippen LogP contribution is 2.35. The molecule has 21 heavy (non-hydrogen) atoms. The first-order valence-corrected chi connectivity index (χ1v) is 8.09. The van der Waals surface area contributed by atoms with E-state index < -0.39 is 11.6 Å². The third-order valence-electron chi connectivity index (χ3n) is 3.40. The second-order valence-corrected chi connectivity index (χ2v) is 6.87. The Kier molecular flexibility index (Phi) is 4.98. The van der Waals surface area contributed by atoms with Gasteiger partial charge in [-0.05, 0) is 32.4 Å². The maximum atomic E-state index is 12.5. The van der Waals surface area contributed by atoms with Crippen molar-refractivity contribution in [3.05, 3.63) is 24.2 Å². The minimum absolute atomic E-state index is 0.140. The molecular weight excluding hydrogens is 290 g/mol. The normalized spacial score (nSPS) is 20.0. The predicted molar refractivity (Wildman–Crippen MR) is 80.9 cm³/mol. The maximum absolute atomic E-state index is 12.5. The molecule has 1 saturated heterocycles. The number of hydrogen-bond acceptors (Lipinski definition) is 5. The van der Waals surface area contributed by atoms with Crippen LogP contribution in [0.15, 0.2) is 22.8 Å². The molecule has 6 heteroatoms. The summed E-state index contributed by atoms with van der Waals surface area (Å²) in [6.45, 7) is 5.89. The molecule has 1 aliphatic heterocycles. The van der Waals surface area contributed by atoms with E-state index in [2.05, 4.69) is 0 Å². The quantitative estimate of drug-likeness (QED) is 0.803. The number of carbonyl (C=O) groups excluding carboxylic acids is 2. The molecule has 0 bridgehead atoms. The van der Waals surface area contributed by atoms with Crippen LogP contribution >= 0.6 is 11.8 Å². The third-order valence-corrected chi connectivity index (χ3v) is 4.69. The van der Waals surface area contributed by atoms with Gasteiger partial charge in [-0.25, -0.2) is 0 Å². The Morgan fingerprint density at radius 2 is 2.19 bits per heavy atom. The molecule has 2 rings (SSSR count). The van der Waals surface area contributed by atoms with Crippen molar-refractivity contribution in [1.82, 2.24) is 4.90 Å². The first-order chi connectivity index (χ1) is 9.90. The van der Waals surface area contributed by atoms with Crippen LogP contribution in [0, 0.1) is 0 Å². The molecule has 0 aromatic carbocycles. The highest BCUT2D eigenvalue weighted by Gasteiger charge is 2.36. The Bertz CT molecular complexity index is 498. The fourth-order valence-electron chi connectivity index (χ4n) is 2.46. The van der Waals surface area contributed by atoms with Crippen LogP contribution in [-0.4, -0.2) is 41.2 Å². The molecule has 0 spiro atoms. The lowest BCUT2D eigenvalue weighted by Crippen LogP contribution is -2.48. The van der Waals surface area contributed by atoms with Crippen molar-refractivity contribution in [3.8, 4) is 0 Å². The minimum atomic E-state index is -1.11. The number of thioether (sulfide) groups is 1. The second kappa shape index (κ2) is 6.56. The van der Waals surface area contributed by atoms with Gasteiger partial charge in [-0.1, -0.05) is 0 Å². The summed E-state index contributed by atoms with van der Waals surface area (Å²) in [6.07, 6.45) is 2.51. The Morgan fingerprint density at radius 3 is 2.81 bits per heavy atom. The predicted octanol–water partition coefficient (Wildman–Crippen LogP) is 2.63. The Hall–Kier alpha value is -1.43. The van der Waals surface area contributed by atoms with Gasteiger partial charge in [0.2, 0.25) is 0 Å². The zero-order chi connectivity index (χ0) is 15.5. The van der Waals surface area contributed by atoms with Gasteiger partial charge in [0.15, 0.2) is 5.60 Å². The van der Waals surface area contributed by atoms with E-state index in [4.69, 9.17) is 9.15 Å². The number of furan rings is 1. The summed E-state index contributed by atoms with van der Waals surface area (Å²) in [5.41, 5.74) is -1.11. The van der Waals surface area contributed by atoms with Crippen molar-refractivity contribution >= 4 is 23.6 Å². The van der Waals surface area contributed by atoms with Crippen molar-refractivity contribution in [2.24, 2.45) is 0 Å². The van der Waals surface area contributed by atoms with E-state index in [1.165, 1.54) is 6.92 Å². The molecule has 0 aliphatic carbocycles. The molecule has 1 aromatic heterocycles. The molecule has 1 aliphatic rings. The van der Waals surface area contributed by atoms with Gasteiger partial charge in [-0.3, -0.25) is 9.59 Å². The van der Waals surface area contributed by atoms with Crippen LogP contribution in [0.1, 0.15) is 38.2 Å². The maximum Gasteiger partial charge on any atom is 0.303 e. The number of nitrogens with zero attached hydrogens (tertiary/aromatic N) is 1. The van der Waals surface area contributed by atoms with E-state index in [9.17, 15) is 9.59 Å². The minimum Gasteiger partial charge on any atom is -0.468 e. The molecule has 5 nitrogen and oxygen atoms in total. The average molecular weight is 311 g/mol. The molecule has 116 valence electrons. The summed E-state index contributed by atoms with van der Waals surface area (Å²) < 4.78 is 10.6. The smallest absolute Gasteiger partial charge is 0.303 e. The summed E-state index contributed by atoms with van der Waals surface area (Å²) in [7, 11) is 0.